The Labute approximate surface area is 136 Å². The molecule has 0 aliphatic rings. The van der Waals surface area contributed by atoms with Gasteiger partial charge in [0, 0.05) is 36.9 Å². The van der Waals surface area contributed by atoms with Crippen molar-refractivity contribution in [3.05, 3.63) is 64.9 Å². The van der Waals surface area contributed by atoms with E-state index in [1.165, 1.54) is 5.56 Å². The van der Waals surface area contributed by atoms with Crippen molar-refractivity contribution in [2.24, 2.45) is 0 Å². The third kappa shape index (κ3) is 4.85. The van der Waals surface area contributed by atoms with E-state index in [1.807, 2.05) is 54.5 Å². The molecule has 0 aliphatic carbocycles. The monoisotopic (exact) mass is 316 g/mol. The van der Waals surface area contributed by atoms with E-state index in [-0.39, 0.29) is 11.9 Å². The largest absolute Gasteiger partial charge is 0.343 e. The summed E-state index contributed by atoms with van der Waals surface area (Å²) in [4.78, 5) is 18.2. The molecule has 0 radical (unpaired) electrons. The lowest BCUT2D eigenvalue weighted by molar-refractivity contribution is -0.131. The predicted molar refractivity (Wildman–Crippen MR) is 89.9 cm³/mol. The molecule has 0 aliphatic heterocycles. The van der Waals surface area contributed by atoms with Gasteiger partial charge < -0.3 is 4.90 Å². The molecule has 1 heterocycles. The maximum atomic E-state index is 12.3. The lowest BCUT2D eigenvalue weighted by atomic mass is 10.1. The smallest absolute Gasteiger partial charge is 0.222 e. The van der Waals surface area contributed by atoms with E-state index in [2.05, 4.69) is 11.9 Å². The zero-order chi connectivity index (χ0) is 15.9. The molecule has 0 saturated heterocycles. The summed E-state index contributed by atoms with van der Waals surface area (Å²) in [5.41, 5.74) is 2.28. The molecule has 22 heavy (non-hydrogen) atoms. The lowest BCUT2D eigenvalue weighted by Gasteiger charge is -2.25. The number of rotatable bonds is 6. The Morgan fingerprint density at radius 2 is 1.95 bits per heavy atom. The SMILES string of the molecule is CC(Cc1ccc(Cl)cc1)N(C)C(=O)CCc1cccnc1. The minimum Gasteiger partial charge on any atom is -0.343 e. The Morgan fingerprint density at radius 1 is 1.23 bits per heavy atom. The molecule has 0 saturated carbocycles. The summed E-state index contributed by atoms with van der Waals surface area (Å²) in [7, 11) is 1.87. The van der Waals surface area contributed by atoms with Crippen molar-refractivity contribution < 1.29 is 4.79 Å². The second-order valence-corrected chi connectivity index (χ2v) is 5.98. The number of carbonyl (C=O) groups excluding carboxylic acids is 1. The summed E-state index contributed by atoms with van der Waals surface area (Å²) in [6.45, 7) is 2.07. The number of pyridine rings is 1. The summed E-state index contributed by atoms with van der Waals surface area (Å²) in [5.74, 6) is 0.158. The molecule has 3 nitrogen and oxygen atoms in total. The third-order valence-electron chi connectivity index (χ3n) is 3.85. The maximum Gasteiger partial charge on any atom is 0.222 e. The fourth-order valence-electron chi connectivity index (χ4n) is 2.32. The van der Waals surface area contributed by atoms with E-state index in [4.69, 9.17) is 11.6 Å². The zero-order valence-electron chi connectivity index (χ0n) is 13.0. The standard InChI is InChI=1S/C18H21ClN2O/c1-14(12-15-5-8-17(19)9-6-15)21(2)18(22)10-7-16-4-3-11-20-13-16/h3-6,8-9,11,13-14H,7,10,12H2,1-2H3. The van der Waals surface area contributed by atoms with Gasteiger partial charge in [-0.3, -0.25) is 9.78 Å². The fraction of sp³-hybridized carbons (Fsp3) is 0.333. The van der Waals surface area contributed by atoms with Crippen LogP contribution in [0.1, 0.15) is 24.5 Å². The van der Waals surface area contributed by atoms with Gasteiger partial charge in [-0.2, -0.15) is 0 Å². The number of nitrogens with zero attached hydrogens (tertiary/aromatic N) is 2. The number of halogens is 1. The predicted octanol–water partition coefficient (Wildman–Crippen LogP) is 3.76. The fourth-order valence-corrected chi connectivity index (χ4v) is 2.44. The Kier molecular flexibility index (Phi) is 5.96. The van der Waals surface area contributed by atoms with Gasteiger partial charge in [0.05, 0.1) is 0 Å². The van der Waals surface area contributed by atoms with Crippen LogP contribution in [0.15, 0.2) is 48.8 Å². The molecule has 1 aromatic carbocycles. The van der Waals surface area contributed by atoms with E-state index in [9.17, 15) is 4.79 Å². The highest BCUT2D eigenvalue weighted by molar-refractivity contribution is 6.30. The van der Waals surface area contributed by atoms with Gasteiger partial charge in [-0.1, -0.05) is 29.8 Å². The Hall–Kier alpha value is -1.87. The molecular weight excluding hydrogens is 296 g/mol. The van der Waals surface area contributed by atoms with Gasteiger partial charge in [0.2, 0.25) is 5.91 Å². The van der Waals surface area contributed by atoms with Gasteiger partial charge >= 0.3 is 0 Å². The lowest BCUT2D eigenvalue weighted by Crippen LogP contribution is -2.36. The van der Waals surface area contributed by atoms with E-state index in [1.54, 1.807) is 6.20 Å². The van der Waals surface area contributed by atoms with Crippen LogP contribution in [0, 0.1) is 0 Å². The summed E-state index contributed by atoms with van der Waals surface area (Å²) < 4.78 is 0. The van der Waals surface area contributed by atoms with Crippen molar-refractivity contribution in [2.45, 2.75) is 32.2 Å². The molecule has 1 aromatic heterocycles. The second-order valence-electron chi connectivity index (χ2n) is 5.55. The van der Waals surface area contributed by atoms with Gasteiger partial charge in [0.25, 0.3) is 0 Å². The first-order valence-corrected chi connectivity index (χ1v) is 7.83. The van der Waals surface area contributed by atoms with E-state index in [0.29, 0.717) is 6.42 Å². The molecule has 1 unspecified atom stereocenters. The highest BCUT2D eigenvalue weighted by Gasteiger charge is 2.16. The summed E-state index contributed by atoms with van der Waals surface area (Å²) in [5, 5.41) is 0.734. The second kappa shape index (κ2) is 7.95. The number of benzene rings is 1. The molecule has 0 spiro atoms. The van der Waals surface area contributed by atoms with Crippen LogP contribution < -0.4 is 0 Å². The van der Waals surface area contributed by atoms with Crippen molar-refractivity contribution >= 4 is 17.5 Å². The van der Waals surface area contributed by atoms with Crippen molar-refractivity contribution in [1.82, 2.24) is 9.88 Å². The number of aromatic nitrogens is 1. The van der Waals surface area contributed by atoms with Gasteiger partial charge in [0.1, 0.15) is 0 Å². The van der Waals surface area contributed by atoms with Crippen molar-refractivity contribution in [3.8, 4) is 0 Å². The van der Waals surface area contributed by atoms with Crippen LogP contribution in [0.2, 0.25) is 5.02 Å². The van der Waals surface area contributed by atoms with E-state index >= 15 is 0 Å². The molecule has 2 aromatic rings. The average molecular weight is 317 g/mol. The van der Waals surface area contributed by atoms with Gasteiger partial charge in [-0.15, -0.1) is 0 Å². The Balaban J connectivity index is 1.85. The molecule has 0 bridgehead atoms. The van der Waals surface area contributed by atoms with Crippen molar-refractivity contribution in [3.63, 3.8) is 0 Å². The van der Waals surface area contributed by atoms with Crippen molar-refractivity contribution in [2.75, 3.05) is 7.05 Å². The summed E-state index contributed by atoms with van der Waals surface area (Å²) in [6, 6.07) is 11.8. The number of aryl methyl sites for hydroxylation is 1. The quantitative estimate of drug-likeness (QED) is 0.813. The summed E-state index contributed by atoms with van der Waals surface area (Å²) >= 11 is 5.89. The van der Waals surface area contributed by atoms with E-state index < -0.39 is 0 Å². The average Bonchev–Trinajstić information content (AvgIpc) is 2.55. The Bertz CT molecular complexity index is 598. The Morgan fingerprint density at radius 3 is 2.59 bits per heavy atom. The molecule has 116 valence electrons. The minimum absolute atomic E-state index is 0.155. The molecule has 2 rings (SSSR count). The normalized spacial score (nSPS) is 12.0. The van der Waals surface area contributed by atoms with Crippen LogP contribution in [-0.4, -0.2) is 28.9 Å². The van der Waals surface area contributed by atoms with Crippen LogP contribution >= 0.6 is 11.6 Å². The van der Waals surface area contributed by atoms with E-state index in [0.717, 1.165) is 23.4 Å². The molecule has 0 N–H and O–H groups in total. The first-order chi connectivity index (χ1) is 10.6. The number of hydrogen-bond acceptors (Lipinski definition) is 2. The topological polar surface area (TPSA) is 33.2 Å². The first kappa shape index (κ1) is 16.5. The minimum atomic E-state index is 0.155. The highest BCUT2D eigenvalue weighted by Crippen LogP contribution is 2.13. The first-order valence-electron chi connectivity index (χ1n) is 7.45. The number of hydrogen-bond donors (Lipinski definition) is 0. The molecule has 0 fully saturated rings. The number of likely N-dealkylation sites (N-methyl/N-ethyl adjacent to an activating group) is 1. The van der Waals surface area contributed by atoms with Crippen LogP contribution in [0.4, 0.5) is 0 Å². The number of carbonyl (C=O) groups is 1. The van der Waals surface area contributed by atoms with Crippen LogP contribution in [0.3, 0.4) is 0 Å². The van der Waals surface area contributed by atoms with Gasteiger partial charge in [-0.05, 0) is 49.1 Å². The summed E-state index contributed by atoms with van der Waals surface area (Å²) in [6.07, 6.45) is 5.61. The highest BCUT2D eigenvalue weighted by atomic mass is 35.5. The van der Waals surface area contributed by atoms with Crippen LogP contribution in [0.5, 0.6) is 0 Å². The molecule has 1 atom stereocenters. The molecular formula is C18H21ClN2O. The zero-order valence-corrected chi connectivity index (χ0v) is 13.8. The van der Waals surface area contributed by atoms with Gasteiger partial charge in [0.15, 0.2) is 0 Å². The maximum absolute atomic E-state index is 12.3. The number of amides is 1. The van der Waals surface area contributed by atoms with Crippen LogP contribution in [0.25, 0.3) is 0 Å². The molecule has 4 heteroatoms. The third-order valence-corrected chi connectivity index (χ3v) is 4.10. The van der Waals surface area contributed by atoms with Crippen LogP contribution in [-0.2, 0) is 17.6 Å². The molecule has 1 amide bonds. The van der Waals surface area contributed by atoms with Crippen molar-refractivity contribution in [1.29, 1.82) is 0 Å². The van der Waals surface area contributed by atoms with Gasteiger partial charge in [-0.25, -0.2) is 0 Å².